The van der Waals surface area contributed by atoms with Gasteiger partial charge in [-0.05, 0) is 50.8 Å². The van der Waals surface area contributed by atoms with Crippen LogP contribution in [0.15, 0.2) is 29.0 Å². The van der Waals surface area contributed by atoms with Crippen molar-refractivity contribution in [2.24, 2.45) is 0 Å². The minimum Gasteiger partial charge on any atom is -0.444 e. The molecule has 0 saturated carbocycles. The van der Waals surface area contributed by atoms with E-state index >= 15 is 0 Å². The average molecular weight is 401 g/mol. The van der Waals surface area contributed by atoms with Gasteiger partial charge in [-0.2, -0.15) is 15.9 Å². The van der Waals surface area contributed by atoms with Crippen LogP contribution in [0.1, 0.15) is 27.2 Å². The Balaban J connectivity index is 1.52. The predicted octanol–water partition coefficient (Wildman–Crippen LogP) is 3.30. The van der Waals surface area contributed by atoms with Crippen molar-refractivity contribution in [2.45, 2.75) is 38.8 Å². The molecule has 148 valence electrons. The molecule has 0 spiro atoms. The van der Waals surface area contributed by atoms with Crippen molar-refractivity contribution in [1.29, 1.82) is 0 Å². The van der Waals surface area contributed by atoms with Crippen LogP contribution >= 0.6 is 11.3 Å². The molecular weight excluding hydrogens is 376 g/mol. The average Bonchev–Trinajstić information content (AvgIpc) is 3.37. The van der Waals surface area contributed by atoms with E-state index in [9.17, 15) is 4.79 Å². The number of rotatable bonds is 3. The first kappa shape index (κ1) is 18.7. The first-order chi connectivity index (χ1) is 13.3. The van der Waals surface area contributed by atoms with Crippen LogP contribution in [0.3, 0.4) is 0 Å². The van der Waals surface area contributed by atoms with Crippen molar-refractivity contribution >= 4 is 28.9 Å². The highest BCUT2D eigenvalue weighted by Gasteiger charge is 2.32. The summed E-state index contributed by atoms with van der Waals surface area (Å²) >= 11 is 1.62. The van der Waals surface area contributed by atoms with Gasteiger partial charge in [0.25, 0.3) is 0 Å². The Morgan fingerprint density at radius 3 is 2.82 bits per heavy atom. The van der Waals surface area contributed by atoms with Crippen LogP contribution in [0.2, 0.25) is 0 Å². The van der Waals surface area contributed by atoms with Gasteiger partial charge in [-0.3, -0.25) is 0 Å². The number of carbonyl (C=O) groups excluding carboxylic acids is 1. The molecule has 9 heteroatoms. The SMILES string of the molecule is CN(c1ccc2nnc(-c3ccsc3)n2n1)C1CCN(C(=O)OC(C)(C)C)C1. The molecule has 1 aliphatic rings. The topological polar surface area (TPSA) is 75.9 Å². The summed E-state index contributed by atoms with van der Waals surface area (Å²) in [6.07, 6.45) is 0.611. The first-order valence-electron chi connectivity index (χ1n) is 9.27. The van der Waals surface area contributed by atoms with E-state index in [0.717, 1.165) is 23.6 Å². The molecule has 0 bridgehead atoms. The van der Waals surface area contributed by atoms with Crippen LogP contribution in [-0.2, 0) is 4.74 Å². The van der Waals surface area contributed by atoms with E-state index in [0.29, 0.717) is 18.7 Å². The van der Waals surface area contributed by atoms with E-state index in [1.54, 1.807) is 20.8 Å². The fourth-order valence-corrected chi connectivity index (χ4v) is 3.91. The van der Waals surface area contributed by atoms with Crippen molar-refractivity contribution in [3.63, 3.8) is 0 Å². The number of anilines is 1. The molecule has 1 saturated heterocycles. The Morgan fingerprint density at radius 2 is 2.11 bits per heavy atom. The molecule has 1 aliphatic heterocycles. The Morgan fingerprint density at radius 1 is 1.29 bits per heavy atom. The number of hydrogen-bond acceptors (Lipinski definition) is 7. The number of carbonyl (C=O) groups is 1. The summed E-state index contributed by atoms with van der Waals surface area (Å²) in [4.78, 5) is 16.2. The molecule has 28 heavy (non-hydrogen) atoms. The van der Waals surface area contributed by atoms with Crippen molar-refractivity contribution < 1.29 is 9.53 Å². The fourth-order valence-electron chi connectivity index (χ4n) is 3.28. The zero-order valence-electron chi connectivity index (χ0n) is 16.5. The maximum absolute atomic E-state index is 12.3. The molecule has 4 heterocycles. The molecule has 4 rings (SSSR count). The Labute approximate surface area is 167 Å². The van der Waals surface area contributed by atoms with Crippen LogP contribution in [-0.4, -0.2) is 62.6 Å². The van der Waals surface area contributed by atoms with E-state index in [2.05, 4.69) is 15.1 Å². The molecule has 0 N–H and O–H groups in total. The minimum absolute atomic E-state index is 0.179. The summed E-state index contributed by atoms with van der Waals surface area (Å²) in [5.74, 6) is 1.55. The third-order valence-corrected chi connectivity index (χ3v) is 5.44. The van der Waals surface area contributed by atoms with Crippen molar-refractivity contribution in [2.75, 3.05) is 25.0 Å². The molecular formula is C19H24N6O2S. The zero-order valence-corrected chi connectivity index (χ0v) is 17.3. The zero-order chi connectivity index (χ0) is 19.9. The van der Waals surface area contributed by atoms with Gasteiger partial charge >= 0.3 is 6.09 Å². The number of likely N-dealkylation sites (tertiary alicyclic amines) is 1. The summed E-state index contributed by atoms with van der Waals surface area (Å²) in [6.45, 7) is 6.94. The number of ether oxygens (including phenoxy) is 1. The normalized spacial score (nSPS) is 17.3. The lowest BCUT2D eigenvalue weighted by Gasteiger charge is -2.27. The van der Waals surface area contributed by atoms with E-state index in [-0.39, 0.29) is 12.1 Å². The molecule has 1 amide bonds. The maximum atomic E-state index is 12.3. The molecule has 1 atom stereocenters. The summed E-state index contributed by atoms with van der Waals surface area (Å²) in [6, 6.07) is 6.05. The van der Waals surface area contributed by atoms with Crippen molar-refractivity contribution in [3.05, 3.63) is 29.0 Å². The van der Waals surface area contributed by atoms with Crippen LogP contribution in [0.4, 0.5) is 10.6 Å². The van der Waals surface area contributed by atoms with Crippen LogP contribution in [0.25, 0.3) is 17.0 Å². The lowest BCUT2D eigenvalue weighted by atomic mass is 10.2. The number of aromatic nitrogens is 4. The van der Waals surface area contributed by atoms with Crippen LogP contribution < -0.4 is 4.90 Å². The van der Waals surface area contributed by atoms with Gasteiger partial charge in [-0.15, -0.1) is 15.3 Å². The van der Waals surface area contributed by atoms with Crippen LogP contribution in [0.5, 0.6) is 0 Å². The van der Waals surface area contributed by atoms with E-state index < -0.39 is 5.60 Å². The summed E-state index contributed by atoms with van der Waals surface area (Å²) < 4.78 is 7.27. The van der Waals surface area contributed by atoms with E-state index in [1.165, 1.54) is 0 Å². The first-order valence-corrected chi connectivity index (χ1v) is 10.2. The molecule has 0 aliphatic carbocycles. The fraction of sp³-hybridized carbons (Fsp3) is 0.474. The smallest absolute Gasteiger partial charge is 0.410 e. The van der Waals surface area contributed by atoms with Gasteiger partial charge in [0.1, 0.15) is 11.4 Å². The number of thiophene rings is 1. The second kappa shape index (κ2) is 7.05. The molecule has 0 radical (unpaired) electrons. The third kappa shape index (κ3) is 3.66. The molecule has 3 aromatic rings. The maximum Gasteiger partial charge on any atom is 0.410 e. The third-order valence-electron chi connectivity index (χ3n) is 4.75. The van der Waals surface area contributed by atoms with Crippen LogP contribution in [0, 0.1) is 0 Å². The molecule has 1 fully saturated rings. The number of likely N-dealkylation sites (N-methyl/N-ethyl adjacent to an activating group) is 1. The minimum atomic E-state index is -0.486. The van der Waals surface area contributed by atoms with Gasteiger partial charge in [0.2, 0.25) is 0 Å². The second-order valence-electron chi connectivity index (χ2n) is 7.98. The van der Waals surface area contributed by atoms with Gasteiger partial charge in [-0.25, -0.2) is 4.79 Å². The molecule has 0 aromatic carbocycles. The largest absolute Gasteiger partial charge is 0.444 e. The second-order valence-corrected chi connectivity index (χ2v) is 8.76. The highest BCUT2D eigenvalue weighted by Crippen LogP contribution is 2.24. The molecule has 3 aromatic heterocycles. The summed E-state index contributed by atoms with van der Waals surface area (Å²) in [5.41, 5.74) is 1.22. The highest BCUT2D eigenvalue weighted by atomic mass is 32.1. The van der Waals surface area contributed by atoms with Gasteiger partial charge in [0.05, 0.1) is 0 Å². The lowest BCUT2D eigenvalue weighted by molar-refractivity contribution is 0.0292. The predicted molar refractivity (Wildman–Crippen MR) is 109 cm³/mol. The van der Waals surface area contributed by atoms with Gasteiger partial charge < -0.3 is 14.5 Å². The summed E-state index contributed by atoms with van der Waals surface area (Å²) in [5, 5.41) is 17.3. The van der Waals surface area contributed by atoms with E-state index in [4.69, 9.17) is 9.84 Å². The molecule has 1 unspecified atom stereocenters. The monoisotopic (exact) mass is 400 g/mol. The number of nitrogens with zero attached hydrogens (tertiary/aromatic N) is 6. The highest BCUT2D eigenvalue weighted by molar-refractivity contribution is 7.08. The van der Waals surface area contributed by atoms with Crippen molar-refractivity contribution in [3.8, 4) is 11.4 Å². The van der Waals surface area contributed by atoms with Gasteiger partial charge in [-0.1, -0.05) is 0 Å². The lowest BCUT2D eigenvalue weighted by Crippen LogP contribution is -2.39. The Kier molecular flexibility index (Phi) is 4.70. The van der Waals surface area contributed by atoms with E-state index in [1.807, 2.05) is 56.8 Å². The van der Waals surface area contributed by atoms with Gasteiger partial charge in [0, 0.05) is 37.1 Å². The summed E-state index contributed by atoms with van der Waals surface area (Å²) in [7, 11) is 2.01. The standard InChI is InChI=1S/C19H24N6O2S/c1-19(2,3)27-18(26)24-9-7-14(11-24)23(4)16-6-5-15-20-21-17(25(15)22-16)13-8-10-28-12-13/h5-6,8,10,12,14H,7,9,11H2,1-4H3. The Bertz CT molecular complexity index is 978. The quantitative estimate of drug-likeness (QED) is 0.671. The van der Waals surface area contributed by atoms with Gasteiger partial charge in [0.15, 0.2) is 11.5 Å². The number of hydrogen-bond donors (Lipinski definition) is 0. The Hall–Kier alpha value is -2.68. The number of fused-ring (bicyclic) bond motifs is 1. The molecule has 8 nitrogen and oxygen atoms in total. The van der Waals surface area contributed by atoms with Crippen molar-refractivity contribution in [1.82, 2.24) is 24.7 Å². The number of amides is 1.